The maximum Gasteiger partial charge on any atom is 0.257 e. The van der Waals surface area contributed by atoms with E-state index in [1.807, 2.05) is 13.8 Å². The molecule has 0 fully saturated rings. The highest BCUT2D eigenvalue weighted by Crippen LogP contribution is 2.18. The van der Waals surface area contributed by atoms with Gasteiger partial charge in [-0.15, -0.1) is 4.83 Å². The van der Waals surface area contributed by atoms with Gasteiger partial charge in [0.15, 0.2) is 0 Å². The fourth-order valence-corrected chi connectivity index (χ4v) is 4.78. The molecule has 28 heavy (non-hydrogen) atoms. The van der Waals surface area contributed by atoms with Crippen LogP contribution < -0.4 is 10.3 Å². The van der Waals surface area contributed by atoms with Crippen LogP contribution in [0.1, 0.15) is 39.2 Å². The van der Waals surface area contributed by atoms with Gasteiger partial charge in [-0.1, -0.05) is 39.8 Å². The minimum atomic E-state index is -3.79. The van der Waals surface area contributed by atoms with Crippen molar-refractivity contribution in [1.29, 1.82) is 0 Å². The molecule has 0 unspecified atom stereocenters. The monoisotopic (exact) mass is 426 g/mol. The lowest BCUT2D eigenvalue weighted by atomic mass is 10.0. The number of hydrazine groups is 1. The topological polar surface area (TPSA) is 108 Å². The van der Waals surface area contributed by atoms with Crippen LogP contribution in [-0.2, 0) is 20.0 Å². The molecule has 0 aliphatic heterocycles. The van der Waals surface area contributed by atoms with Crippen LogP contribution in [0.2, 0.25) is 0 Å². The number of hydrogen-bond donors (Lipinski definition) is 2. The zero-order valence-corrected chi connectivity index (χ0v) is 18.0. The van der Waals surface area contributed by atoms with E-state index < -0.39 is 20.0 Å². The summed E-state index contributed by atoms with van der Waals surface area (Å²) >= 11 is 0. The second-order valence-electron chi connectivity index (χ2n) is 6.42. The average molecular weight is 427 g/mol. The predicted octanol–water partition coefficient (Wildman–Crippen LogP) is 2.54. The van der Waals surface area contributed by atoms with Gasteiger partial charge in [0.2, 0.25) is 10.0 Å². The Balaban J connectivity index is 2.10. The van der Waals surface area contributed by atoms with Crippen molar-refractivity contribution < 1.29 is 16.8 Å². The first-order valence-electron chi connectivity index (χ1n) is 8.95. The van der Waals surface area contributed by atoms with E-state index >= 15 is 0 Å². The number of pyridine rings is 1. The Morgan fingerprint density at radius 1 is 0.929 bits per heavy atom. The van der Waals surface area contributed by atoms with Crippen LogP contribution in [-0.4, -0.2) is 39.2 Å². The summed E-state index contributed by atoms with van der Waals surface area (Å²) in [6, 6.07) is 9.39. The lowest BCUT2D eigenvalue weighted by Crippen LogP contribution is -2.31. The summed E-state index contributed by atoms with van der Waals surface area (Å²) in [6.07, 6.45) is 1.20. The molecular formula is C18H26N4O4S2. The molecule has 2 aromatic rings. The molecular weight excluding hydrogens is 400 g/mol. The summed E-state index contributed by atoms with van der Waals surface area (Å²) in [5.41, 5.74) is 3.54. The highest BCUT2D eigenvalue weighted by atomic mass is 32.2. The van der Waals surface area contributed by atoms with Crippen molar-refractivity contribution in [1.82, 2.24) is 14.1 Å². The summed E-state index contributed by atoms with van der Waals surface area (Å²) in [5, 5.41) is 0. The number of nitrogens with zero attached hydrogens (tertiary/aromatic N) is 2. The SMILES string of the molecule is CCN(CC)S(=O)(=O)c1ccc(NNS(=O)(=O)c2ccc(C(C)C)cc2)nc1. The zero-order chi connectivity index (χ0) is 20.9. The van der Waals surface area contributed by atoms with Gasteiger partial charge in [0.25, 0.3) is 10.0 Å². The normalized spacial score (nSPS) is 12.5. The second kappa shape index (κ2) is 8.99. The molecule has 0 atom stereocenters. The number of sulfonamides is 2. The molecule has 0 spiro atoms. The molecule has 0 aliphatic rings. The van der Waals surface area contributed by atoms with E-state index in [2.05, 4.69) is 15.2 Å². The summed E-state index contributed by atoms with van der Waals surface area (Å²) in [5.74, 6) is 0.485. The Hall–Kier alpha value is -2.01. The van der Waals surface area contributed by atoms with Gasteiger partial charge in [0.1, 0.15) is 10.7 Å². The molecule has 0 saturated heterocycles. The van der Waals surface area contributed by atoms with E-state index in [-0.39, 0.29) is 15.6 Å². The standard InChI is InChI=1S/C18H26N4O4S2/c1-5-22(6-2)28(25,26)17-11-12-18(19-13-17)20-21-27(23,24)16-9-7-15(8-10-16)14(3)4/h7-14,21H,5-6H2,1-4H3,(H,19,20). The minimum Gasteiger partial charge on any atom is -0.292 e. The molecule has 0 aliphatic carbocycles. The second-order valence-corrected chi connectivity index (χ2v) is 10.0. The molecule has 0 radical (unpaired) electrons. The van der Waals surface area contributed by atoms with Crippen LogP contribution in [0.3, 0.4) is 0 Å². The van der Waals surface area contributed by atoms with Crippen molar-refractivity contribution >= 4 is 25.9 Å². The minimum absolute atomic E-state index is 0.0499. The fraction of sp³-hybridized carbons (Fsp3) is 0.389. The van der Waals surface area contributed by atoms with Crippen LogP contribution >= 0.6 is 0 Å². The maximum atomic E-state index is 12.4. The van der Waals surface area contributed by atoms with E-state index in [1.165, 1.54) is 34.8 Å². The van der Waals surface area contributed by atoms with Crippen LogP contribution in [0.25, 0.3) is 0 Å². The van der Waals surface area contributed by atoms with Gasteiger partial charge in [-0.05, 0) is 35.7 Å². The summed E-state index contributed by atoms with van der Waals surface area (Å²) < 4.78 is 50.9. The Morgan fingerprint density at radius 3 is 1.96 bits per heavy atom. The molecule has 1 aromatic carbocycles. The van der Waals surface area contributed by atoms with Crippen LogP contribution in [0.4, 0.5) is 5.82 Å². The van der Waals surface area contributed by atoms with Gasteiger partial charge in [0, 0.05) is 19.3 Å². The van der Waals surface area contributed by atoms with Gasteiger partial charge < -0.3 is 0 Å². The quantitative estimate of drug-likeness (QED) is 0.597. The number of benzene rings is 1. The van der Waals surface area contributed by atoms with Gasteiger partial charge in [-0.2, -0.15) is 4.31 Å². The van der Waals surface area contributed by atoms with Crippen molar-refractivity contribution in [3.05, 3.63) is 48.2 Å². The molecule has 1 aromatic heterocycles. The van der Waals surface area contributed by atoms with Gasteiger partial charge in [-0.25, -0.2) is 21.8 Å². The van der Waals surface area contributed by atoms with Crippen molar-refractivity contribution in [3.8, 4) is 0 Å². The Kier molecular flexibility index (Phi) is 7.16. The molecule has 1 heterocycles. The van der Waals surface area contributed by atoms with Crippen LogP contribution in [0, 0.1) is 0 Å². The third-order valence-corrected chi connectivity index (χ3v) is 7.55. The average Bonchev–Trinajstić information content (AvgIpc) is 2.67. The predicted molar refractivity (Wildman–Crippen MR) is 109 cm³/mol. The molecule has 2 rings (SSSR count). The first kappa shape index (κ1) is 22.3. The Bertz CT molecular complexity index is 983. The third kappa shape index (κ3) is 5.07. The smallest absolute Gasteiger partial charge is 0.257 e. The molecule has 8 nitrogen and oxygen atoms in total. The third-order valence-electron chi connectivity index (χ3n) is 4.25. The van der Waals surface area contributed by atoms with E-state index in [0.717, 1.165) is 5.56 Å². The van der Waals surface area contributed by atoms with Crippen LogP contribution in [0.5, 0.6) is 0 Å². The number of aromatic nitrogens is 1. The lowest BCUT2D eigenvalue weighted by Gasteiger charge is -2.18. The molecule has 0 saturated carbocycles. The van der Waals surface area contributed by atoms with Crippen LogP contribution in [0.15, 0.2) is 52.4 Å². The maximum absolute atomic E-state index is 12.4. The lowest BCUT2D eigenvalue weighted by molar-refractivity contribution is 0.445. The highest BCUT2D eigenvalue weighted by molar-refractivity contribution is 7.89. The van der Waals surface area contributed by atoms with E-state index in [1.54, 1.807) is 26.0 Å². The Labute approximate surface area is 167 Å². The van der Waals surface area contributed by atoms with Gasteiger partial charge in [-0.3, -0.25) is 5.43 Å². The van der Waals surface area contributed by atoms with Gasteiger partial charge in [0.05, 0.1) is 4.90 Å². The number of anilines is 1. The summed E-state index contributed by atoms with van der Waals surface area (Å²) in [7, 11) is -7.40. The number of hydrogen-bond acceptors (Lipinski definition) is 6. The van der Waals surface area contributed by atoms with E-state index in [0.29, 0.717) is 19.0 Å². The number of rotatable bonds is 9. The zero-order valence-electron chi connectivity index (χ0n) is 16.4. The molecule has 2 N–H and O–H groups in total. The molecule has 10 heteroatoms. The Morgan fingerprint density at radius 2 is 1.50 bits per heavy atom. The largest absolute Gasteiger partial charge is 0.292 e. The van der Waals surface area contributed by atoms with E-state index in [9.17, 15) is 16.8 Å². The highest BCUT2D eigenvalue weighted by Gasteiger charge is 2.22. The molecule has 0 amide bonds. The number of nitrogens with one attached hydrogen (secondary N) is 2. The molecule has 154 valence electrons. The van der Waals surface area contributed by atoms with E-state index in [4.69, 9.17) is 0 Å². The summed E-state index contributed by atoms with van der Waals surface area (Å²) in [4.78, 5) is 6.40. The van der Waals surface area contributed by atoms with Gasteiger partial charge >= 0.3 is 0 Å². The van der Waals surface area contributed by atoms with Crippen molar-refractivity contribution in [2.24, 2.45) is 0 Å². The summed E-state index contributed by atoms with van der Waals surface area (Å²) in [6.45, 7) is 8.28. The molecule has 0 bridgehead atoms. The van der Waals surface area contributed by atoms with Crippen molar-refractivity contribution in [3.63, 3.8) is 0 Å². The van der Waals surface area contributed by atoms with Crippen molar-refractivity contribution in [2.75, 3.05) is 18.5 Å². The first-order chi connectivity index (χ1) is 13.1. The fourth-order valence-electron chi connectivity index (χ4n) is 2.53. The van der Waals surface area contributed by atoms with Crippen molar-refractivity contribution in [2.45, 2.75) is 43.4 Å². The first-order valence-corrected chi connectivity index (χ1v) is 11.9.